The zero-order valence-electron chi connectivity index (χ0n) is 69.7. The molecule has 0 spiro atoms. The number of nitrogens with zero attached hydrogens (tertiary/aromatic N) is 5. The standard InChI is InChI=1S/C81H117N23O18S/c1-45(2)42-61-76(116)94-56(26-33-83)70(110)93-59(29-36-86)75(115)99-67(46(3)105)78(118)90-38-30-60(73(113)92-57(27-34-84)72(112)98-62(77(117)97-61)43-48-14-8-7-9-15-48)95-71(111)58(28-35-85)96-79(119)68(47(4)106)100-74(114)55(25-32-82)91-65(107)31-39-103(41-40-102(6)66(108)24-22-53(87)80(120)121)81(122)104-63-44-50(123-64-18-11-10-17-52(64)69(109)88-5)20-21-51(63)54(101-104)23-19-49-16-12-13-37-89-49/h7-21,23,37,44-47,53,55-62,67-68,105-106H,22,24-36,38-43,82-87H2,1-6H3,(H,88,109)(H,90,118)(H,91,107)(H,92,113)(H,93,110)(H,94,116)(H,95,111)(H,96,119)(H,97,117)(H,98,112)(H,99,115)(H,100,114)(H,120,121)/b23-19+/t46-,47-,53+,55+,56+,57+,58+,59+,60+,61+,62-,67+,68+/m1/s1. The molecular formula is C81H117N23O18S. The molecule has 0 radical (unpaired) electrons. The highest BCUT2D eigenvalue weighted by atomic mass is 32.2. The normalized spacial score (nSPS) is 19.3. The summed E-state index contributed by atoms with van der Waals surface area (Å²) in [5.74, 6) is -13.4. The molecule has 1 aliphatic rings. The molecule has 5 aromatic rings. The quantitative estimate of drug-likeness (QED) is 0.0177. The van der Waals surface area contributed by atoms with Crippen LogP contribution in [0.1, 0.15) is 119 Å². The number of rotatable bonds is 38. The van der Waals surface area contributed by atoms with Crippen LogP contribution in [0.15, 0.2) is 107 Å². The van der Waals surface area contributed by atoms with Crippen LogP contribution in [0.4, 0.5) is 4.79 Å². The van der Waals surface area contributed by atoms with Crippen LogP contribution in [0.5, 0.6) is 0 Å². The molecule has 0 unspecified atom stereocenters. The lowest BCUT2D eigenvalue weighted by molar-refractivity contribution is -0.139. The van der Waals surface area contributed by atoms with Gasteiger partial charge in [0.05, 0.1) is 34.7 Å². The number of aliphatic hydroxyl groups is 2. The number of benzene rings is 3. The van der Waals surface area contributed by atoms with Crippen LogP contribution in [0.25, 0.3) is 23.1 Å². The second kappa shape index (κ2) is 50.5. The molecule has 0 aliphatic carbocycles. The summed E-state index contributed by atoms with van der Waals surface area (Å²) in [6.45, 7) is 3.25. The molecule has 6 rings (SSSR count). The highest BCUT2D eigenvalue weighted by Crippen LogP contribution is 2.34. The van der Waals surface area contributed by atoms with Gasteiger partial charge in [-0.2, -0.15) is 9.78 Å². The van der Waals surface area contributed by atoms with Crippen LogP contribution in [-0.4, -0.2) is 280 Å². The molecule has 42 heteroatoms. The average Bonchev–Trinajstić information content (AvgIpc) is 1.66. The zero-order chi connectivity index (χ0) is 90.6. The number of carboxylic acids is 1. The highest BCUT2D eigenvalue weighted by molar-refractivity contribution is 7.99. The van der Waals surface area contributed by atoms with Crippen molar-refractivity contribution in [2.45, 2.75) is 187 Å². The van der Waals surface area contributed by atoms with E-state index in [4.69, 9.17) is 39.5 Å². The predicted octanol–water partition coefficient (Wildman–Crippen LogP) is -4.41. The molecule has 2 aromatic heterocycles. The summed E-state index contributed by atoms with van der Waals surface area (Å²) < 4.78 is 1.11. The van der Waals surface area contributed by atoms with Crippen LogP contribution in [0, 0.1) is 5.92 Å². The predicted molar refractivity (Wildman–Crippen MR) is 455 cm³/mol. The number of aliphatic carboxylic acids is 1. The molecule has 0 bridgehead atoms. The molecule has 13 atom stereocenters. The highest BCUT2D eigenvalue weighted by Gasteiger charge is 2.39. The van der Waals surface area contributed by atoms with Gasteiger partial charge in [-0.1, -0.05) is 74.1 Å². The number of carbonyl (C=O) groups is 15. The minimum atomic E-state index is -1.92. The fourth-order valence-corrected chi connectivity index (χ4v) is 13.9. The Bertz CT molecular complexity index is 4480. The summed E-state index contributed by atoms with van der Waals surface area (Å²) in [6, 6.07) is 7.63. The van der Waals surface area contributed by atoms with Crippen molar-refractivity contribution in [3.8, 4) is 0 Å². The molecule has 1 fully saturated rings. The Kier molecular flexibility index (Phi) is 41.0. The monoisotopic (exact) mass is 1730 g/mol. The van der Waals surface area contributed by atoms with Crippen LogP contribution >= 0.6 is 11.8 Å². The number of fused-ring (bicyclic) bond motifs is 1. The average molecular weight is 1730 g/mol. The number of hydrogen-bond donors (Lipinski definition) is 21. The van der Waals surface area contributed by atoms with E-state index >= 15 is 4.79 Å². The maximum absolute atomic E-state index is 15.3. The van der Waals surface area contributed by atoms with Crippen molar-refractivity contribution in [3.63, 3.8) is 0 Å². The van der Waals surface area contributed by atoms with Crippen molar-refractivity contribution in [1.29, 1.82) is 0 Å². The number of carbonyl (C=O) groups excluding carboxylic acids is 14. The van der Waals surface area contributed by atoms with Crippen LogP contribution < -0.4 is 98.2 Å². The van der Waals surface area contributed by atoms with Crippen molar-refractivity contribution in [2.75, 3.05) is 73.0 Å². The van der Waals surface area contributed by atoms with Crippen molar-refractivity contribution < 1.29 is 87.2 Å². The number of pyridine rings is 1. The number of nitrogens with one attached hydrogen (secondary N) is 12. The van der Waals surface area contributed by atoms with Crippen molar-refractivity contribution >= 4 is 124 Å². The number of aliphatic hydroxyl groups excluding tert-OH is 2. The van der Waals surface area contributed by atoms with Gasteiger partial charge in [0, 0.05) is 80.9 Å². The van der Waals surface area contributed by atoms with Crippen LogP contribution in [-0.2, 0) is 68.7 Å². The zero-order valence-corrected chi connectivity index (χ0v) is 70.5. The van der Waals surface area contributed by atoms with E-state index in [1.54, 1.807) is 123 Å². The molecule has 1 aliphatic heterocycles. The van der Waals surface area contributed by atoms with Gasteiger partial charge in [-0.25, -0.2) is 4.79 Å². The maximum Gasteiger partial charge on any atom is 0.345 e. The summed E-state index contributed by atoms with van der Waals surface area (Å²) in [5.41, 5.74) is 37.6. The molecule has 123 heavy (non-hydrogen) atoms. The second-order valence-electron chi connectivity index (χ2n) is 29.8. The van der Waals surface area contributed by atoms with Gasteiger partial charge in [-0.3, -0.25) is 72.1 Å². The number of nitrogens with two attached hydrogens (primary N) is 6. The lowest BCUT2D eigenvalue weighted by Gasteiger charge is -2.29. The summed E-state index contributed by atoms with van der Waals surface area (Å²) in [6.07, 6.45) is -1.58. The van der Waals surface area contributed by atoms with Gasteiger partial charge < -0.3 is 123 Å². The molecule has 41 nitrogen and oxygen atoms in total. The van der Waals surface area contributed by atoms with E-state index in [2.05, 4.69) is 68.8 Å². The first-order chi connectivity index (χ1) is 58.6. The van der Waals surface area contributed by atoms with Crippen molar-refractivity contribution in [3.05, 3.63) is 120 Å². The van der Waals surface area contributed by atoms with Gasteiger partial charge >= 0.3 is 12.0 Å². The summed E-state index contributed by atoms with van der Waals surface area (Å²) in [4.78, 5) is 220. The van der Waals surface area contributed by atoms with Gasteiger partial charge in [0.15, 0.2) is 0 Å². The fraction of sp³-hybridized carbons (Fsp3) is 0.494. The number of likely N-dealkylation sites (N-methyl/N-ethyl adjacent to an activating group) is 1. The molecule has 14 amide bonds. The van der Waals surface area contributed by atoms with Crippen LogP contribution in [0.2, 0.25) is 0 Å². The maximum atomic E-state index is 15.3. The van der Waals surface area contributed by atoms with Gasteiger partial charge in [-0.05, 0) is 164 Å². The number of carboxylic acid groups (broad SMARTS) is 1. The first-order valence-electron chi connectivity index (χ1n) is 40.5. The number of aromatic nitrogens is 3. The molecule has 0 saturated carbocycles. The Hall–Kier alpha value is -11.9. The Labute approximate surface area is 715 Å². The summed E-state index contributed by atoms with van der Waals surface area (Å²) in [5, 5.41) is 67.4. The third-order valence-corrected chi connectivity index (χ3v) is 20.8. The van der Waals surface area contributed by atoms with Crippen LogP contribution in [0.3, 0.4) is 0 Å². The minimum absolute atomic E-state index is 0.00149. The van der Waals surface area contributed by atoms with Gasteiger partial charge in [0.1, 0.15) is 66.5 Å². The molecule has 670 valence electrons. The molecule has 3 aromatic carbocycles. The fourth-order valence-electron chi connectivity index (χ4n) is 12.9. The van der Waals surface area contributed by atoms with Gasteiger partial charge in [-0.15, -0.1) is 0 Å². The summed E-state index contributed by atoms with van der Waals surface area (Å²) in [7, 11) is 2.92. The van der Waals surface area contributed by atoms with Gasteiger partial charge in [0.2, 0.25) is 70.9 Å². The lowest BCUT2D eigenvalue weighted by atomic mass is 10.00. The molecule has 27 N–H and O–H groups in total. The lowest BCUT2D eigenvalue weighted by Crippen LogP contribution is -2.62. The molecule has 1 saturated heterocycles. The van der Waals surface area contributed by atoms with E-state index in [9.17, 15) is 82.4 Å². The minimum Gasteiger partial charge on any atom is -0.480 e. The third-order valence-electron chi connectivity index (χ3n) is 19.8. The Morgan fingerprint density at radius 1 is 0.618 bits per heavy atom. The first-order valence-corrected chi connectivity index (χ1v) is 41.3. The second-order valence-corrected chi connectivity index (χ2v) is 31.0. The van der Waals surface area contributed by atoms with E-state index in [-0.39, 0.29) is 115 Å². The summed E-state index contributed by atoms with van der Waals surface area (Å²) >= 11 is 1.24. The Balaban J connectivity index is 1.28. The van der Waals surface area contributed by atoms with E-state index in [0.717, 1.165) is 11.6 Å². The van der Waals surface area contributed by atoms with E-state index in [1.807, 2.05) is 0 Å². The largest absolute Gasteiger partial charge is 0.480 e. The van der Waals surface area contributed by atoms with Gasteiger partial charge in [0.25, 0.3) is 5.91 Å². The topological polar surface area (TPSA) is 654 Å². The van der Waals surface area contributed by atoms with E-state index in [1.165, 1.54) is 42.6 Å². The Morgan fingerprint density at radius 2 is 1.20 bits per heavy atom. The SMILES string of the molecule is CNC(=O)c1ccccc1Sc1ccc2c(/C=C/c3ccccn3)nn(C(=O)N(CCC(=O)N[C@@H](CCN)C(=O)N[C@H](C(=O)N[C@@H](CCN)C(=O)N[C@H]3CCNC(=O)[C@H]([C@@H](C)O)NC(=O)[C@H](CCN)NC(=O)[C@H](CCN)NC(=O)[C@H](CC(C)C)NC(=O)[C@@H](Cc4ccccc4)NC(=O)[C@H](CCN)NC3=O)[C@@H](C)O)CCN(C)C(=O)CC[C@H](N)C(=O)O)c2c1. The molecular weight excluding hydrogens is 1620 g/mol. The van der Waals surface area contributed by atoms with Crippen molar-refractivity contribution in [1.82, 2.24) is 88.4 Å². The number of hydrogen-bond acceptors (Lipinski definition) is 26. The van der Waals surface area contributed by atoms with E-state index in [0.29, 0.717) is 37.7 Å². The number of amides is 14. The Morgan fingerprint density at radius 3 is 1.78 bits per heavy atom. The first kappa shape index (κ1) is 99.9. The third kappa shape index (κ3) is 31.2. The smallest absolute Gasteiger partial charge is 0.345 e. The molecule has 3 heterocycles. The van der Waals surface area contributed by atoms with Crippen molar-refractivity contribution in [2.24, 2.45) is 40.3 Å². The van der Waals surface area contributed by atoms with E-state index < -0.39 is 194 Å².